The number of hydrogen-bond donors (Lipinski definition) is 1. The van der Waals surface area contributed by atoms with Crippen molar-refractivity contribution >= 4 is 0 Å². The quantitative estimate of drug-likeness (QED) is 0.859. The Bertz CT molecular complexity index is 490. The van der Waals surface area contributed by atoms with Gasteiger partial charge in [-0.05, 0) is 64.3 Å². The van der Waals surface area contributed by atoms with E-state index >= 15 is 0 Å². The van der Waals surface area contributed by atoms with Gasteiger partial charge in [0.05, 0.1) is 11.6 Å². The molecule has 1 atom stereocenters. The average Bonchev–Trinajstić information content (AvgIpc) is 2.54. The smallest absolute Gasteiger partial charge is 0.119 e. The Hall–Kier alpha value is -1.61. The van der Waals surface area contributed by atoms with Gasteiger partial charge in [0.2, 0.25) is 0 Å². The number of hydrogen-bond acceptors (Lipinski definition) is 5. The van der Waals surface area contributed by atoms with Crippen LogP contribution in [-0.2, 0) is 0 Å². The number of aliphatic hydroxyl groups is 1. The molecule has 1 aliphatic heterocycles. The number of nitrogens with zero attached hydrogens (tertiary/aromatic N) is 3. The Morgan fingerprint density at radius 1 is 1.36 bits per heavy atom. The molecule has 0 amide bonds. The van der Waals surface area contributed by atoms with Crippen molar-refractivity contribution in [1.29, 1.82) is 5.26 Å². The predicted octanol–water partition coefficient (Wildman–Crippen LogP) is 1.32. The molecule has 0 spiro atoms. The molecule has 5 nitrogen and oxygen atoms in total. The fourth-order valence-electron chi connectivity index (χ4n) is 2.79. The maximum atomic E-state index is 10.1. The topological polar surface area (TPSA) is 59.7 Å². The molecule has 22 heavy (non-hydrogen) atoms. The molecule has 0 bridgehead atoms. The van der Waals surface area contributed by atoms with Crippen LogP contribution in [0.4, 0.5) is 0 Å². The highest BCUT2D eigenvalue weighted by Crippen LogP contribution is 2.15. The van der Waals surface area contributed by atoms with Gasteiger partial charge in [-0.2, -0.15) is 5.26 Å². The first-order chi connectivity index (χ1) is 10.6. The fraction of sp³-hybridized carbons (Fsp3) is 0.588. The lowest BCUT2D eigenvalue weighted by Crippen LogP contribution is -2.45. The van der Waals surface area contributed by atoms with Crippen LogP contribution < -0.4 is 4.74 Å². The first-order valence-corrected chi connectivity index (χ1v) is 7.78. The number of aliphatic hydroxyl groups excluding tert-OH is 1. The Kier molecular flexibility index (Phi) is 6.20. The summed E-state index contributed by atoms with van der Waals surface area (Å²) in [6.45, 7) is 3.12. The second kappa shape index (κ2) is 8.14. The monoisotopic (exact) mass is 303 g/mol. The van der Waals surface area contributed by atoms with Gasteiger partial charge in [-0.1, -0.05) is 0 Å². The second-order valence-corrected chi connectivity index (χ2v) is 6.08. The molecule has 2 rings (SSSR count). The minimum atomic E-state index is -0.514. The molecule has 120 valence electrons. The zero-order valence-corrected chi connectivity index (χ0v) is 13.4. The summed E-state index contributed by atoms with van der Waals surface area (Å²) in [5, 5.41) is 18.9. The Labute approximate surface area is 132 Å². The molecule has 1 saturated heterocycles. The molecule has 1 N–H and O–H groups in total. The van der Waals surface area contributed by atoms with Crippen molar-refractivity contribution in [1.82, 2.24) is 9.80 Å². The number of nitriles is 1. The van der Waals surface area contributed by atoms with E-state index < -0.39 is 6.10 Å². The van der Waals surface area contributed by atoms with Crippen LogP contribution >= 0.6 is 0 Å². The highest BCUT2D eigenvalue weighted by atomic mass is 16.5. The third-order valence-electron chi connectivity index (χ3n) is 4.24. The van der Waals surface area contributed by atoms with Crippen molar-refractivity contribution in [3.63, 3.8) is 0 Å². The third-order valence-corrected chi connectivity index (χ3v) is 4.24. The van der Waals surface area contributed by atoms with Crippen molar-refractivity contribution in [2.75, 3.05) is 40.3 Å². The van der Waals surface area contributed by atoms with Crippen molar-refractivity contribution in [2.45, 2.75) is 25.0 Å². The van der Waals surface area contributed by atoms with E-state index in [-0.39, 0.29) is 6.61 Å². The lowest BCUT2D eigenvalue weighted by molar-refractivity contribution is 0.0498. The molecule has 1 aromatic carbocycles. The first-order valence-electron chi connectivity index (χ1n) is 7.78. The zero-order valence-electron chi connectivity index (χ0n) is 13.4. The minimum absolute atomic E-state index is 0.267. The van der Waals surface area contributed by atoms with Crippen molar-refractivity contribution in [3.05, 3.63) is 29.8 Å². The number of likely N-dealkylation sites (N-methyl/N-ethyl adjacent to an activating group) is 1. The summed E-state index contributed by atoms with van der Waals surface area (Å²) in [7, 11) is 4.22. The van der Waals surface area contributed by atoms with E-state index in [1.165, 1.54) is 0 Å². The highest BCUT2D eigenvalue weighted by molar-refractivity contribution is 5.34. The van der Waals surface area contributed by atoms with Crippen molar-refractivity contribution in [3.8, 4) is 11.8 Å². The summed E-state index contributed by atoms with van der Waals surface area (Å²) >= 11 is 0. The lowest BCUT2D eigenvalue weighted by Gasteiger charge is -2.35. The minimum Gasteiger partial charge on any atom is -0.491 e. The van der Waals surface area contributed by atoms with Gasteiger partial charge in [0.15, 0.2) is 0 Å². The van der Waals surface area contributed by atoms with Crippen LogP contribution in [0.1, 0.15) is 18.4 Å². The number of benzene rings is 1. The van der Waals surface area contributed by atoms with Gasteiger partial charge in [-0.25, -0.2) is 0 Å². The van der Waals surface area contributed by atoms with Gasteiger partial charge in [0.25, 0.3) is 0 Å². The van der Waals surface area contributed by atoms with E-state index in [4.69, 9.17) is 10.00 Å². The molecular weight excluding hydrogens is 278 g/mol. The van der Waals surface area contributed by atoms with Gasteiger partial charge in [0, 0.05) is 12.6 Å². The molecule has 1 aliphatic rings. The molecule has 5 heteroatoms. The van der Waals surface area contributed by atoms with Gasteiger partial charge in [0.1, 0.15) is 18.5 Å². The SMILES string of the molecule is CN1CCC(N(C)C[C@@H](O)COc2ccc(C#N)cc2)CC1. The zero-order chi connectivity index (χ0) is 15.9. The summed E-state index contributed by atoms with van der Waals surface area (Å²) < 4.78 is 5.58. The van der Waals surface area contributed by atoms with Crippen LogP contribution in [0.2, 0.25) is 0 Å². The number of piperidine rings is 1. The van der Waals surface area contributed by atoms with Crippen LogP contribution in [-0.4, -0.2) is 67.4 Å². The van der Waals surface area contributed by atoms with E-state index in [2.05, 4.69) is 30.0 Å². The van der Waals surface area contributed by atoms with Gasteiger partial charge >= 0.3 is 0 Å². The van der Waals surface area contributed by atoms with E-state index in [9.17, 15) is 5.11 Å². The molecule has 0 radical (unpaired) electrons. The van der Waals surface area contributed by atoms with Crippen LogP contribution in [0.3, 0.4) is 0 Å². The van der Waals surface area contributed by atoms with E-state index in [0.29, 0.717) is 23.9 Å². The second-order valence-electron chi connectivity index (χ2n) is 6.08. The number of ether oxygens (including phenoxy) is 1. The van der Waals surface area contributed by atoms with Crippen LogP contribution in [0, 0.1) is 11.3 Å². The number of likely N-dealkylation sites (tertiary alicyclic amines) is 1. The maximum absolute atomic E-state index is 10.1. The van der Waals surface area contributed by atoms with Gasteiger partial charge in [-0.15, -0.1) is 0 Å². The molecule has 0 saturated carbocycles. The molecule has 0 unspecified atom stereocenters. The molecule has 0 aliphatic carbocycles. The summed E-state index contributed by atoms with van der Waals surface area (Å²) in [6.07, 6.45) is 1.78. The molecular formula is C17H25N3O2. The number of rotatable bonds is 6. The summed E-state index contributed by atoms with van der Waals surface area (Å²) in [4.78, 5) is 4.58. The molecule has 1 heterocycles. The first kappa shape index (κ1) is 16.8. The lowest BCUT2D eigenvalue weighted by atomic mass is 10.0. The van der Waals surface area contributed by atoms with Crippen molar-refractivity contribution in [2.24, 2.45) is 0 Å². The largest absolute Gasteiger partial charge is 0.491 e. The molecule has 1 aromatic rings. The standard InChI is InChI=1S/C17H25N3O2/c1-19-9-7-15(8-10-19)20(2)12-16(21)13-22-17-5-3-14(11-18)4-6-17/h3-6,15-16,21H,7-10,12-13H2,1-2H3/t16-/m1/s1. The van der Waals surface area contributed by atoms with Crippen molar-refractivity contribution < 1.29 is 9.84 Å². The Balaban J connectivity index is 1.72. The summed E-state index contributed by atoms with van der Waals surface area (Å²) in [6, 6.07) is 9.55. The van der Waals surface area contributed by atoms with Crippen LogP contribution in [0.25, 0.3) is 0 Å². The van der Waals surface area contributed by atoms with Crippen LogP contribution in [0.15, 0.2) is 24.3 Å². The van der Waals surface area contributed by atoms with E-state index in [0.717, 1.165) is 25.9 Å². The van der Waals surface area contributed by atoms with Crippen LogP contribution in [0.5, 0.6) is 5.75 Å². The summed E-state index contributed by atoms with van der Waals surface area (Å²) in [5.74, 6) is 0.681. The highest BCUT2D eigenvalue weighted by Gasteiger charge is 2.22. The Morgan fingerprint density at radius 3 is 2.59 bits per heavy atom. The molecule has 1 fully saturated rings. The maximum Gasteiger partial charge on any atom is 0.119 e. The third kappa shape index (κ3) is 4.99. The normalized spacial score (nSPS) is 18.1. The van der Waals surface area contributed by atoms with Gasteiger partial charge < -0.3 is 19.6 Å². The average molecular weight is 303 g/mol. The molecule has 0 aromatic heterocycles. The van der Waals surface area contributed by atoms with E-state index in [1.54, 1.807) is 24.3 Å². The summed E-state index contributed by atoms with van der Waals surface area (Å²) in [5.41, 5.74) is 0.606. The van der Waals surface area contributed by atoms with Gasteiger partial charge in [-0.3, -0.25) is 0 Å². The Morgan fingerprint density at radius 2 is 2.00 bits per heavy atom. The van der Waals surface area contributed by atoms with E-state index in [1.807, 2.05) is 0 Å². The predicted molar refractivity (Wildman–Crippen MR) is 85.8 cm³/mol. The fourth-order valence-corrected chi connectivity index (χ4v) is 2.79.